The molecule has 3 heteroatoms. The van der Waals surface area contributed by atoms with Gasteiger partial charge in [-0.25, -0.2) is 8.78 Å². The first-order valence-corrected chi connectivity index (χ1v) is 12.1. The fourth-order valence-electron chi connectivity index (χ4n) is 5.56. The third-order valence-electron chi connectivity index (χ3n) is 7.66. The first kappa shape index (κ1) is 21.8. The van der Waals surface area contributed by atoms with E-state index in [0.29, 0.717) is 17.0 Å². The molecule has 2 aliphatic rings. The lowest BCUT2D eigenvalue weighted by atomic mass is 9.74. The zero-order valence-electron chi connectivity index (χ0n) is 18.0. The van der Waals surface area contributed by atoms with Crippen LogP contribution in [0.4, 0.5) is 8.78 Å². The highest BCUT2D eigenvalue weighted by Gasteiger charge is 2.25. The molecule has 2 saturated carbocycles. The third kappa shape index (κ3) is 5.25. The van der Waals surface area contributed by atoms with E-state index in [4.69, 9.17) is 11.6 Å². The quantitative estimate of drug-likeness (QED) is 0.443. The molecule has 2 aromatic carbocycles. The van der Waals surface area contributed by atoms with Crippen LogP contribution in [0.5, 0.6) is 0 Å². The Morgan fingerprint density at radius 1 is 0.767 bits per heavy atom. The second-order valence-corrected chi connectivity index (χ2v) is 10.2. The fourth-order valence-corrected chi connectivity index (χ4v) is 5.67. The zero-order chi connectivity index (χ0) is 21.1. The van der Waals surface area contributed by atoms with Crippen molar-refractivity contribution >= 4 is 11.6 Å². The molecule has 162 valence electrons. The number of benzene rings is 2. The van der Waals surface area contributed by atoms with Gasteiger partial charge in [-0.1, -0.05) is 75.2 Å². The second-order valence-electron chi connectivity index (χ2n) is 9.79. The monoisotopic (exact) mass is 430 g/mol. The summed E-state index contributed by atoms with van der Waals surface area (Å²) in [6.07, 6.45) is 13.3. The molecule has 0 atom stereocenters. The van der Waals surface area contributed by atoms with Gasteiger partial charge in [0.25, 0.3) is 0 Å². The molecule has 4 rings (SSSR count). The van der Waals surface area contributed by atoms with Crippen molar-refractivity contribution in [2.24, 2.45) is 17.8 Å². The molecule has 0 unspecified atom stereocenters. The van der Waals surface area contributed by atoms with Gasteiger partial charge in [0.1, 0.15) is 11.6 Å². The molecule has 0 N–H and O–H groups in total. The van der Waals surface area contributed by atoms with E-state index >= 15 is 0 Å². The fraction of sp³-hybridized carbons (Fsp3) is 0.556. The van der Waals surface area contributed by atoms with Crippen molar-refractivity contribution in [3.05, 3.63) is 58.6 Å². The van der Waals surface area contributed by atoms with Crippen LogP contribution in [0.25, 0.3) is 11.1 Å². The van der Waals surface area contributed by atoms with Crippen LogP contribution in [0.15, 0.2) is 36.4 Å². The Hall–Kier alpha value is -1.41. The molecule has 2 fully saturated rings. The second kappa shape index (κ2) is 9.81. The van der Waals surface area contributed by atoms with Crippen molar-refractivity contribution in [3.63, 3.8) is 0 Å². The van der Waals surface area contributed by atoms with Gasteiger partial charge in [-0.3, -0.25) is 0 Å². The van der Waals surface area contributed by atoms with Crippen LogP contribution in [0.3, 0.4) is 0 Å². The lowest BCUT2D eigenvalue weighted by molar-refractivity contribution is 0.237. The summed E-state index contributed by atoms with van der Waals surface area (Å²) in [6.45, 7) is 2.39. The predicted molar refractivity (Wildman–Crippen MR) is 122 cm³/mol. The van der Waals surface area contributed by atoms with Crippen molar-refractivity contribution in [1.29, 1.82) is 0 Å². The highest BCUT2D eigenvalue weighted by atomic mass is 35.5. The van der Waals surface area contributed by atoms with E-state index in [-0.39, 0.29) is 10.8 Å². The summed E-state index contributed by atoms with van der Waals surface area (Å²) in [5.41, 5.74) is 2.05. The van der Waals surface area contributed by atoms with Crippen LogP contribution in [0, 0.1) is 29.4 Å². The number of hydrogen-bond donors (Lipinski definition) is 0. The summed E-state index contributed by atoms with van der Waals surface area (Å²) < 4.78 is 28.5. The standard InChI is InChI=1S/C27H33ClF2/c1-18-2-4-19(5-3-18)6-7-20-8-10-21(11-9-20)22-12-14-24(26(29)16-22)23-13-15-25(28)27(30)17-23/h12-21H,2-11H2,1H3. The number of hydrogen-bond acceptors (Lipinski definition) is 0. The van der Waals surface area contributed by atoms with E-state index in [2.05, 4.69) is 6.92 Å². The van der Waals surface area contributed by atoms with Gasteiger partial charge >= 0.3 is 0 Å². The largest absolute Gasteiger partial charge is 0.206 e. The van der Waals surface area contributed by atoms with Crippen LogP contribution in [-0.2, 0) is 0 Å². The number of rotatable bonds is 5. The van der Waals surface area contributed by atoms with E-state index < -0.39 is 5.82 Å². The summed E-state index contributed by atoms with van der Waals surface area (Å²) in [5.74, 6) is 2.39. The maximum Gasteiger partial charge on any atom is 0.142 e. The lowest BCUT2D eigenvalue weighted by Gasteiger charge is -2.31. The van der Waals surface area contributed by atoms with Gasteiger partial charge in [-0.15, -0.1) is 0 Å². The Morgan fingerprint density at radius 2 is 1.40 bits per heavy atom. The maximum atomic E-state index is 14.8. The SMILES string of the molecule is CC1CCC(CCC2CCC(c3ccc(-c4ccc(Cl)c(F)c4)c(F)c3)CC2)CC1. The average Bonchev–Trinajstić information content (AvgIpc) is 2.76. The lowest BCUT2D eigenvalue weighted by Crippen LogP contribution is -2.17. The van der Waals surface area contributed by atoms with Crippen molar-refractivity contribution in [3.8, 4) is 11.1 Å². The van der Waals surface area contributed by atoms with Gasteiger partial charge in [-0.2, -0.15) is 0 Å². The summed E-state index contributed by atoms with van der Waals surface area (Å²) in [7, 11) is 0. The summed E-state index contributed by atoms with van der Waals surface area (Å²) in [5, 5.41) is 0.0607. The summed E-state index contributed by atoms with van der Waals surface area (Å²) >= 11 is 5.75. The predicted octanol–water partition coefficient (Wildman–Crippen LogP) is 9.17. The van der Waals surface area contributed by atoms with Crippen LogP contribution >= 0.6 is 11.6 Å². The van der Waals surface area contributed by atoms with Crippen LogP contribution in [0.1, 0.15) is 82.6 Å². The molecule has 0 saturated heterocycles. The van der Waals surface area contributed by atoms with Crippen LogP contribution < -0.4 is 0 Å². The smallest absolute Gasteiger partial charge is 0.142 e. The molecule has 0 radical (unpaired) electrons. The molecule has 0 amide bonds. The first-order valence-electron chi connectivity index (χ1n) is 11.7. The molecule has 0 heterocycles. The van der Waals surface area contributed by atoms with E-state index in [9.17, 15) is 8.78 Å². The molecule has 0 bridgehead atoms. The average molecular weight is 431 g/mol. The minimum absolute atomic E-state index is 0.0607. The highest BCUT2D eigenvalue weighted by molar-refractivity contribution is 6.30. The molecule has 0 spiro atoms. The van der Waals surface area contributed by atoms with Gasteiger partial charge in [0.15, 0.2) is 0 Å². The van der Waals surface area contributed by atoms with E-state index in [1.54, 1.807) is 18.2 Å². The molecule has 30 heavy (non-hydrogen) atoms. The summed E-state index contributed by atoms with van der Waals surface area (Å²) in [6, 6.07) is 9.94. The number of halogens is 3. The Bertz CT molecular complexity index is 846. The minimum Gasteiger partial charge on any atom is -0.206 e. The van der Waals surface area contributed by atoms with Crippen molar-refractivity contribution in [2.45, 2.75) is 77.0 Å². The minimum atomic E-state index is -0.515. The van der Waals surface area contributed by atoms with E-state index in [1.165, 1.54) is 63.5 Å². The van der Waals surface area contributed by atoms with Gasteiger partial charge in [-0.05, 0) is 78.7 Å². The topological polar surface area (TPSA) is 0 Å². The van der Waals surface area contributed by atoms with Crippen molar-refractivity contribution in [1.82, 2.24) is 0 Å². The van der Waals surface area contributed by atoms with Gasteiger partial charge in [0.2, 0.25) is 0 Å². The summed E-state index contributed by atoms with van der Waals surface area (Å²) in [4.78, 5) is 0. The Morgan fingerprint density at radius 3 is 2.00 bits per heavy atom. The first-order chi connectivity index (χ1) is 14.5. The van der Waals surface area contributed by atoms with Gasteiger partial charge in [0.05, 0.1) is 5.02 Å². The molecular formula is C27H33ClF2. The van der Waals surface area contributed by atoms with Gasteiger partial charge < -0.3 is 0 Å². The van der Waals surface area contributed by atoms with Gasteiger partial charge in [0, 0.05) is 5.56 Å². The maximum absolute atomic E-state index is 14.8. The van der Waals surface area contributed by atoms with Crippen LogP contribution in [-0.4, -0.2) is 0 Å². The van der Waals surface area contributed by atoms with Crippen LogP contribution in [0.2, 0.25) is 5.02 Å². The van der Waals surface area contributed by atoms with E-state index in [0.717, 1.165) is 36.2 Å². The molecule has 2 aromatic rings. The van der Waals surface area contributed by atoms with Crippen molar-refractivity contribution < 1.29 is 8.78 Å². The van der Waals surface area contributed by atoms with E-state index in [1.807, 2.05) is 6.07 Å². The molecule has 0 aliphatic heterocycles. The van der Waals surface area contributed by atoms with Crippen molar-refractivity contribution in [2.75, 3.05) is 0 Å². The normalized spacial score (nSPS) is 27.2. The molecule has 2 aliphatic carbocycles. The molecule has 0 aromatic heterocycles. The third-order valence-corrected chi connectivity index (χ3v) is 7.97. The molecular weight excluding hydrogens is 398 g/mol. The Balaban J connectivity index is 1.31. The Labute approximate surface area is 185 Å². The highest BCUT2D eigenvalue weighted by Crippen LogP contribution is 2.40. The Kier molecular flexibility index (Phi) is 7.13. The molecule has 0 nitrogen and oxygen atoms in total. The zero-order valence-corrected chi connectivity index (χ0v) is 18.7.